The van der Waals surface area contributed by atoms with Crippen molar-refractivity contribution in [1.29, 1.82) is 0 Å². The van der Waals surface area contributed by atoms with Crippen LogP contribution in [0.3, 0.4) is 0 Å². The fourth-order valence-electron chi connectivity index (χ4n) is 4.70. The van der Waals surface area contributed by atoms with E-state index in [1.165, 1.54) is 12.1 Å². The largest absolute Gasteiger partial charge is 0.393 e. The maximum atomic E-state index is 13.6. The minimum absolute atomic E-state index is 0.287. The summed E-state index contributed by atoms with van der Waals surface area (Å²) < 4.78 is 15.4. The van der Waals surface area contributed by atoms with Crippen molar-refractivity contribution in [1.82, 2.24) is 19.6 Å². The van der Waals surface area contributed by atoms with E-state index in [1.54, 1.807) is 22.8 Å². The van der Waals surface area contributed by atoms with E-state index in [1.807, 2.05) is 43.3 Å². The van der Waals surface area contributed by atoms with Crippen molar-refractivity contribution in [2.75, 3.05) is 0 Å². The maximum Gasteiger partial charge on any atom is 0.165 e. The lowest BCUT2D eigenvalue weighted by atomic mass is 9.70. The number of aliphatic hydroxyl groups is 1. The van der Waals surface area contributed by atoms with Crippen LogP contribution in [0.1, 0.15) is 24.1 Å². The molecule has 5 aromatic rings. The molecular weight excluding hydrogens is 417 g/mol. The standard InChI is InChI=1S/C26H22FN5O/c1-15-10-23-29-14-18-11-22(16-4-8-20(27)9-5-16)24(30-25(18)32(23)31-15)17-2-6-19(7-3-17)26(28)12-21(33)13-26/h2-11,14,21,33H,12-13,28H2,1H3/t21-,26-. The molecule has 0 amide bonds. The Bertz CT molecular complexity index is 1500. The quantitative estimate of drug-likeness (QED) is 0.436. The molecule has 1 fully saturated rings. The highest BCUT2D eigenvalue weighted by Gasteiger charge is 2.41. The number of hydrogen-bond acceptors (Lipinski definition) is 5. The molecular formula is C26H22FN5O. The lowest BCUT2D eigenvalue weighted by molar-refractivity contribution is 0.0209. The van der Waals surface area contributed by atoms with Crippen LogP contribution in [-0.2, 0) is 5.54 Å². The normalized spacial score (nSPS) is 20.3. The van der Waals surface area contributed by atoms with E-state index in [2.05, 4.69) is 10.1 Å². The van der Waals surface area contributed by atoms with Gasteiger partial charge in [-0.3, -0.25) is 0 Å². The molecule has 1 saturated carbocycles. The Kier molecular flexibility index (Phi) is 4.33. The van der Waals surface area contributed by atoms with Gasteiger partial charge in [-0.15, -0.1) is 0 Å². The topological polar surface area (TPSA) is 89.3 Å². The summed E-state index contributed by atoms with van der Waals surface area (Å²) in [6.45, 7) is 1.92. The Balaban J connectivity index is 1.55. The summed E-state index contributed by atoms with van der Waals surface area (Å²) in [5.41, 5.74) is 12.7. The number of nitrogens with two attached hydrogens (primary N) is 1. The number of nitrogens with zero attached hydrogens (tertiary/aromatic N) is 4. The molecule has 0 radical (unpaired) electrons. The predicted octanol–water partition coefficient (Wildman–Crippen LogP) is 4.37. The van der Waals surface area contributed by atoms with Crippen molar-refractivity contribution >= 4 is 16.7 Å². The molecule has 0 atom stereocenters. The number of rotatable bonds is 3. The lowest BCUT2D eigenvalue weighted by Gasteiger charge is -2.42. The molecule has 6 nitrogen and oxygen atoms in total. The van der Waals surface area contributed by atoms with Crippen molar-refractivity contribution in [2.24, 2.45) is 5.73 Å². The Morgan fingerprint density at radius 3 is 2.42 bits per heavy atom. The first-order valence-electron chi connectivity index (χ1n) is 10.9. The minimum atomic E-state index is -0.487. The molecule has 0 unspecified atom stereocenters. The first-order valence-corrected chi connectivity index (χ1v) is 10.9. The highest BCUT2D eigenvalue weighted by molar-refractivity contribution is 5.90. The van der Waals surface area contributed by atoms with Crippen molar-refractivity contribution in [3.63, 3.8) is 0 Å². The van der Waals surface area contributed by atoms with Gasteiger partial charge >= 0.3 is 0 Å². The van der Waals surface area contributed by atoms with Crippen LogP contribution in [0.5, 0.6) is 0 Å². The zero-order chi connectivity index (χ0) is 22.7. The van der Waals surface area contributed by atoms with Crippen molar-refractivity contribution < 1.29 is 9.50 Å². The van der Waals surface area contributed by atoms with Gasteiger partial charge in [0.25, 0.3) is 0 Å². The number of hydrogen-bond donors (Lipinski definition) is 2. The van der Waals surface area contributed by atoms with Gasteiger partial charge in [-0.1, -0.05) is 36.4 Å². The van der Waals surface area contributed by atoms with Gasteiger partial charge in [0.15, 0.2) is 11.3 Å². The van der Waals surface area contributed by atoms with Gasteiger partial charge in [-0.25, -0.2) is 14.4 Å². The molecule has 1 aliphatic carbocycles. The average Bonchev–Trinajstić information content (AvgIpc) is 3.19. The van der Waals surface area contributed by atoms with Crippen LogP contribution in [0.2, 0.25) is 0 Å². The van der Waals surface area contributed by atoms with E-state index in [4.69, 9.17) is 10.7 Å². The second-order valence-electron chi connectivity index (χ2n) is 8.91. The zero-order valence-electron chi connectivity index (χ0n) is 18.0. The van der Waals surface area contributed by atoms with Gasteiger partial charge in [0.2, 0.25) is 0 Å². The van der Waals surface area contributed by atoms with E-state index in [-0.39, 0.29) is 11.9 Å². The molecule has 7 heteroatoms. The van der Waals surface area contributed by atoms with Crippen LogP contribution in [0.4, 0.5) is 4.39 Å². The fourth-order valence-corrected chi connectivity index (χ4v) is 4.70. The van der Waals surface area contributed by atoms with Gasteiger partial charge in [0.05, 0.1) is 17.5 Å². The Morgan fingerprint density at radius 2 is 1.73 bits per heavy atom. The van der Waals surface area contributed by atoms with Crippen LogP contribution in [0.25, 0.3) is 39.1 Å². The summed E-state index contributed by atoms with van der Waals surface area (Å²) in [6, 6.07) is 18.4. The van der Waals surface area contributed by atoms with E-state index >= 15 is 0 Å². The van der Waals surface area contributed by atoms with Crippen molar-refractivity contribution in [3.05, 3.63) is 83.9 Å². The highest BCUT2D eigenvalue weighted by Crippen LogP contribution is 2.40. The molecule has 3 N–H and O–H groups in total. The Hall–Kier alpha value is -3.68. The molecule has 0 bridgehead atoms. The molecule has 6 rings (SSSR count). The third-order valence-corrected chi connectivity index (χ3v) is 6.47. The van der Waals surface area contributed by atoms with E-state index in [0.717, 1.165) is 44.7 Å². The van der Waals surface area contributed by atoms with Gasteiger partial charge in [-0.2, -0.15) is 9.61 Å². The van der Waals surface area contributed by atoms with E-state index in [0.29, 0.717) is 18.5 Å². The number of aliphatic hydroxyl groups excluding tert-OH is 1. The number of halogens is 1. The van der Waals surface area contributed by atoms with Crippen LogP contribution >= 0.6 is 0 Å². The lowest BCUT2D eigenvalue weighted by Crippen LogP contribution is -2.51. The number of fused-ring (bicyclic) bond motifs is 3. The summed E-state index contributed by atoms with van der Waals surface area (Å²) in [5, 5.41) is 15.1. The monoisotopic (exact) mass is 439 g/mol. The summed E-state index contributed by atoms with van der Waals surface area (Å²) in [7, 11) is 0. The minimum Gasteiger partial charge on any atom is -0.393 e. The third kappa shape index (κ3) is 3.28. The maximum absolute atomic E-state index is 13.6. The van der Waals surface area contributed by atoms with Crippen molar-refractivity contribution in [3.8, 4) is 22.4 Å². The SMILES string of the molecule is Cc1cc2ncc3cc(-c4ccc(F)cc4)c(-c4ccc([C@]5(N)C[C@H](O)C5)cc4)nc3n2n1. The van der Waals surface area contributed by atoms with Gasteiger partial charge < -0.3 is 10.8 Å². The van der Waals surface area contributed by atoms with Crippen LogP contribution in [0, 0.1) is 12.7 Å². The first-order chi connectivity index (χ1) is 15.9. The number of aryl methyl sites for hydroxylation is 1. The smallest absolute Gasteiger partial charge is 0.165 e. The summed E-state index contributed by atoms with van der Waals surface area (Å²) >= 11 is 0. The molecule has 0 aliphatic heterocycles. The second-order valence-corrected chi connectivity index (χ2v) is 8.91. The third-order valence-electron chi connectivity index (χ3n) is 6.47. The van der Waals surface area contributed by atoms with E-state index in [9.17, 15) is 9.50 Å². The van der Waals surface area contributed by atoms with Crippen LogP contribution < -0.4 is 5.73 Å². The summed E-state index contributed by atoms with van der Waals surface area (Å²) in [4.78, 5) is 9.53. The fraction of sp³-hybridized carbons (Fsp3) is 0.192. The molecule has 2 aromatic carbocycles. The molecule has 164 valence electrons. The first kappa shape index (κ1) is 20.0. The number of aromatic nitrogens is 4. The molecule has 1 aliphatic rings. The predicted molar refractivity (Wildman–Crippen MR) is 125 cm³/mol. The zero-order valence-corrected chi connectivity index (χ0v) is 18.0. The van der Waals surface area contributed by atoms with Crippen LogP contribution in [0.15, 0.2) is 66.9 Å². The van der Waals surface area contributed by atoms with Gasteiger partial charge in [-0.05, 0) is 49.1 Å². The number of pyridine rings is 1. The average molecular weight is 439 g/mol. The van der Waals surface area contributed by atoms with Crippen molar-refractivity contribution in [2.45, 2.75) is 31.4 Å². The molecule has 0 saturated heterocycles. The number of benzene rings is 2. The molecule has 0 spiro atoms. The molecule has 33 heavy (non-hydrogen) atoms. The van der Waals surface area contributed by atoms with Gasteiger partial charge in [0, 0.05) is 34.3 Å². The highest BCUT2D eigenvalue weighted by atomic mass is 19.1. The van der Waals surface area contributed by atoms with E-state index < -0.39 is 5.54 Å². The van der Waals surface area contributed by atoms with Crippen LogP contribution in [-0.4, -0.2) is 30.8 Å². The molecule has 3 aromatic heterocycles. The Labute approximate surface area is 189 Å². The molecule has 3 heterocycles. The summed E-state index contributed by atoms with van der Waals surface area (Å²) in [6.07, 6.45) is 2.57. The van der Waals surface area contributed by atoms with Gasteiger partial charge in [0.1, 0.15) is 5.82 Å². The Morgan fingerprint density at radius 1 is 1.03 bits per heavy atom. The summed E-state index contributed by atoms with van der Waals surface area (Å²) in [5.74, 6) is -0.287. The second kappa shape index (κ2) is 7.16.